The largest absolute Gasteiger partial charge is 0.480 e. The number of carbonyl (C=O) groups is 4. The van der Waals surface area contributed by atoms with E-state index < -0.39 is 35.8 Å². The first kappa shape index (κ1) is 29.3. The summed E-state index contributed by atoms with van der Waals surface area (Å²) in [5, 5.41) is 24.3. The number of amides is 2. The Morgan fingerprint density at radius 2 is 1.03 bits per heavy atom. The van der Waals surface area contributed by atoms with Crippen molar-refractivity contribution in [2.75, 3.05) is 0 Å². The molecule has 0 heterocycles. The minimum atomic E-state index is -1.09. The van der Waals surface area contributed by atoms with E-state index in [1.165, 1.54) is 21.6 Å². The van der Waals surface area contributed by atoms with Crippen LogP contribution < -0.4 is 10.6 Å². The predicted molar refractivity (Wildman–Crippen MR) is 141 cm³/mol. The van der Waals surface area contributed by atoms with Crippen LogP contribution in [0, 0.1) is 11.8 Å². The van der Waals surface area contributed by atoms with Crippen LogP contribution in [0.15, 0.2) is 58.3 Å². The highest BCUT2D eigenvalue weighted by atomic mass is 33.1. The van der Waals surface area contributed by atoms with Crippen molar-refractivity contribution in [1.82, 2.24) is 10.6 Å². The number of carboxylic acid groups (broad SMARTS) is 2. The molecule has 0 fully saturated rings. The second kappa shape index (κ2) is 13.9. The highest BCUT2D eigenvalue weighted by Gasteiger charge is 2.28. The summed E-state index contributed by atoms with van der Waals surface area (Å²) in [6.45, 7) is 7.27. The second-order valence-electron chi connectivity index (χ2n) is 8.51. The molecule has 36 heavy (non-hydrogen) atoms. The normalized spacial score (nSPS) is 14.2. The molecule has 4 N–H and O–H groups in total. The van der Waals surface area contributed by atoms with Crippen molar-refractivity contribution < 1.29 is 29.4 Å². The van der Waals surface area contributed by atoms with Gasteiger partial charge in [0.25, 0.3) is 11.8 Å². The average Bonchev–Trinajstić information content (AvgIpc) is 2.87. The smallest absolute Gasteiger partial charge is 0.326 e. The summed E-state index contributed by atoms with van der Waals surface area (Å²) in [6.07, 6.45) is 1.20. The van der Waals surface area contributed by atoms with Crippen molar-refractivity contribution >= 4 is 45.3 Å². The highest BCUT2D eigenvalue weighted by Crippen LogP contribution is 2.40. The van der Waals surface area contributed by atoms with Gasteiger partial charge in [0, 0.05) is 9.79 Å². The van der Waals surface area contributed by atoms with Crippen LogP contribution in [0.3, 0.4) is 0 Å². The number of benzene rings is 2. The van der Waals surface area contributed by atoms with Gasteiger partial charge in [0.15, 0.2) is 0 Å². The number of hydrogen-bond donors (Lipinski definition) is 4. The SMILES string of the molecule is CCC(C)C(NC(=O)c1ccccc1SSc1ccccc1C(=O)N[C@H](C(=O)O)C(C)CC)C(=O)O. The minimum Gasteiger partial charge on any atom is -0.480 e. The Bertz CT molecular complexity index is 1010. The summed E-state index contributed by atoms with van der Waals surface area (Å²) >= 11 is 0. The molecule has 0 saturated heterocycles. The molecule has 0 aliphatic heterocycles. The predicted octanol–water partition coefficient (Wildman–Crippen LogP) is 4.94. The molecule has 0 radical (unpaired) electrons. The van der Waals surface area contributed by atoms with E-state index in [4.69, 9.17) is 0 Å². The molecule has 10 heteroatoms. The van der Waals surface area contributed by atoms with Gasteiger partial charge in [-0.15, -0.1) is 0 Å². The van der Waals surface area contributed by atoms with E-state index >= 15 is 0 Å². The fourth-order valence-corrected chi connectivity index (χ4v) is 5.71. The van der Waals surface area contributed by atoms with Crippen LogP contribution in [0.5, 0.6) is 0 Å². The molecule has 0 bridgehead atoms. The summed E-state index contributed by atoms with van der Waals surface area (Å²) in [7, 11) is 2.52. The van der Waals surface area contributed by atoms with Crippen LogP contribution in [0.1, 0.15) is 61.3 Å². The van der Waals surface area contributed by atoms with Crippen molar-refractivity contribution in [2.45, 2.75) is 62.4 Å². The monoisotopic (exact) mass is 532 g/mol. The summed E-state index contributed by atoms with van der Waals surface area (Å²) in [5.41, 5.74) is 0.656. The average molecular weight is 533 g/mol. The van der Waals surface area contributed by atoms with Crippen LogP contribution in [0.2, 0.25) is 0 Å². The molecule has 0 saturated carbocycles. The Kier molecular flexibility index (Phi) is 11.3. The Morgan fingerprint density at radius 1 is 0.694 bits per heavy atom. The molecule has 2 aromatic carbocycles. The molecule has 4 atom stereocenters. The van der Waals surface area contributed by atoms with Crippen LogP contribution in [-0.2, 0) is 9.59 Å². The lowest BCUT2D eigenvalue weighted by atomic mass is 9.99. The Labute approximate surface area is 219 Å². The quantitative estimate of drug-likeness (QED) is 0.267. The highest BCUT2D eigenvalue weighted by molar-refractivity contribution is 8.76. The van der Waals surface area contributed by atoms with Gasteiger partial charge in [-0.2, -0.15) is 0 Å². The van der Waals surface area contributed by atoms with E-state index in [0.717, 1.165) is 0 Å². The number of hydrogen-bond acceptors (Lipinski definition) is 6. The van der Waals surface area contributed by atoms with E-state index in [-0.39, 0.29) is 11.8 Å². The first-order chi connectivity index (χ1) is 17.1. The molecule has 2 aromatic rings. The maximum Gasteiger partial charge on any atom is 0.326 e. The summed E-state index contributed by atoms with van der Waals surface area (Å²) in [6, 6.07) is 11.7. The Balaban J connectivity index is 2.22. The maximum absolute atomic E-state index is 12.9. The molecule has 0 aliphatic carbocycles. The van der Waals surface area contributed by atoms with Crippen molar-refractivity contribution in [2.24, 2.45) is 11.8 Å². The molecule has 3 unspecified atom stereocenters. The van der Waals surface area contributed by atoms with Gasteiger partial charge in [0.05, 0.1) is 11.1 Å². The fraction of sp³-hybridized carbons (Fsp3) is 0.385. The molecule has 0 aliphatic rings. The van der Waals surface area contributed by atoms with Crippen molar-refractivity contribution in [3.63, 3.8) is 0 Å². The van der Waals surface area contributed by atoms with Crippen LogP contribution in [-0.4, -0.2) is 46.0 Å². The van der Waals surface area contributed by atoms with Gasteiger partial charge in [-0.05, 0) is 36.1 Å². The lowest BCUT2D eigenvalue weighted by Crippen LogP contribution is -2.45. The zero-order valence-corrected chi connectivity index (χ0v) is 22.3. The number of carboxylic acids is 2. The van der Waals surface area contributed by atoms with Crippen molar-refractivity contribution in [3.05, 3.63) is 59.7 Å². The van der Waals surface area contributed by atoms with Gasteiger partial charge in [-0.1, -0.05) is 86.4 Å². The molecule has 194 valence electrons. The topological polar surface area (TPSA) is 133 Å². The summed E-state index contributed by atoms with van der Waals surface area (Å²) in [5.74, 6) is -3.64. The van der Waals surface area contributed by atoms with E-state index in [2.05, 4.69) is 10.6 Å². The second-order valence-corrected chi connectivity index (χ2v) is 10.7. The Hall–Kier alpha value is -2.98. The third kappa shape index (κ3) is 7.76. The zero-order valence-electron chi connectivity index (χ0n) is 20.7. The van der Waals surface area contributed by atoms with E-state index in [0.29, 0.717) is 33.8 Å². The number of nitrogens with one attached hydrogen (secondary N) is 2. The molecule has 0 aromatic heterocycles. The number of aliphatic carboxylic acids is 2. The lowest BCUT2D eigenvalue weighted by molar-refractivity contribution is -0.141. The van der Waals surface area contributed by atoms with Crippen molar-refractivity contribution in [1.29, 1.82) is 0 Å². The molecular weight excluding hydrogens is 500 g/mol. The standard InChI is InChI=1S/C26H32N2O6S2/c1-5-15(3)21(25(31)32)27-23(29)17-11-7-9-13-19(17)35-36-20-14-10-8-12-18(20)24(30)28-22(26(33)34)16(4)6-2/h7-16,21-22H,5-6H2,1-4H3,(H,27,29)(H,28,30)(H,31,32)(H,33,34)/t15?,16?,21-,22?/m0/s1. The maximum atomic E-state index is 12.9. The molecular formula is C26H32N2O6S2. The molecule has 8 nitrogen and oxygen atoms in total. The zero-order chi connectivity index (χ0) is 26.8. The van der Waals surface area contributed by atoms with Gasteiger partial charge in [0.2, 0.25) is 0 Å². The van der Waals surface area contributed by atoms with Gasteiger partial charge < -0.3 is 20.8 Å². The van der Waals surface area contributed by atoms with E-state index in [1.54, 1.807) is 62.4 Å². The molecule has 0 spiro atoms. The van der Waals surface area contributed by atoms with Gasteiger partial charge in [-0.25, -0.2) is 9.59 Å². The van der Waals surface area contributed by atoms with Gasteiger partial charge in [0.1, 0.15) is 12.1 Å². The van der Waals surface area contributed by atoms with Crippen LogP contribution >= 0.6 is 21.6 Å². The minimum absolute atomic E-state index is 0.240. The summed E-state index contributed by atoms with van der Waals surface area (Å²) < 4.78 is 0. The third-order valence-electron chi connectivity index (χ3n) is 6.02. The molecule has 2 amide bonds. The first-order valence-corrected chi connectivity index (χ1v) is 13.8. The van der Waals surface area contributed by atoms with Crippen molar-refractivity contribution in [3.8, 4) is 0 Å². The Morgan fingerprint density at radius 3 is 1.33 bits per heavy atom. The first-order valence-electron chi connectivity index (χ1n) is 11.7. The van der Waals surface area contributed by atoms with Crippen LogP contribution in [0.25, 0.3) is 0 Å². The van der Waals surface area contributed by atoms with Gasteiger partial charge in [-0.3, -0.25) is 9.59 Å². The summed E-state index contributed by atoms with van der Waals surface area (Å²) in [4.78, 5) is 50.4. The number of carbonyl (C=O) groups excluding carboxylic acids is 2. The van der Waals surface area contributed by atoms with E-state index in [1.807, 2.05) is 13.8 Å². The fourth-order valence-electron chi connectivity index (χ4n) is 3.35. The molecule has 2 rings (SSSR count). The van der Waals surface area contributed by atoms with Crippen LogP contribution in [0.4, 0.5) is 0 Å². The van der Waals surface area contributed by atoms with Gasteiger partial charge >= 0.3 is 11.9 Å². The lowest BCUT2D eigenvalue weighted by Gasteiger charge is -2.21. The third-order valence-corrected chi connectivity index (χ3v) is 8.50. The van der Waals surface area contributed by atoms with E-state index in [9.17, 15) is 29.4 Å². The number of rotatable bonds is 13.